The largest absolute Gasteiger partial charge is 0.497 e. The molecule has 1 aliphatic rings. The molecule has 0 radical (unpaired) electrons. The van der Waals surface area contributed by atoms with Crippen LogP contribution in [-0.4, -0.2) is 59.8 Å². The van der Waals surface area contributed by atoms with Gasteiger partial charge in [0.15, 0.2) is 0 Å². The summed E-state index contributed by atoms with van der Waals surface area (Å²) in [5.74, 6) is 2.19. The van der Waals surface area contributed by atoms with E-state index in [-0.39, 0.29) is 5.91 Å². The van der Waals surface area contributed by atoms with Crippen LogP contribution in [0.1, 0.15) is 16.3 Å². The predicted molar refractivity (Wildman–Crippen MR) is 124 cm³/mol. The van der Waals surface area contributed by atoms with Crippen LogP contribution in [0.25, 0.3) is 10.2 Å². The van der Waals surface area contributed by atoms with Gasteiger partial charge in [0.05, 0.1) is 12.9 Å². The Morgan fingerprint density at radius 1 is 1.10 bits per heavy atom. The molecule has 3 heterocycles. The molecular formula is C22H26N4O2S2. The maximum absolute atomic E-state index is 12.8. The Morgan fingerprint density at radius 3 is 2.47 bits per heavy atom. The first-order chi connectivity index (χ1) is 14.5. The highest BCUT2D eigenvalue weighted by molar-refractivity contribution is 8.00. The number of ether oxygens (including phenoxy) is 1. The number of aromatic nitrogens is 2. The number of hydrogen-bond donors (Lipinski definition) is 0. The number of anilines is 1. The van der Waals surface area contributed by atoms with E-state index in [9.17, 15) is 4.79 Å². The van der Waals surface area contributed by atoms with Crippen molar-refractivity contribution < 1.29 is 9.53 Å². The molecular weight excluding hydrogens is 416 g/mol. The van der Waals surface area contributed by atoms with Crippen LogP contribution >= 0.6 is 23.1 Å². The zero-order valence-electron chi connectivity index (χ0n) is 17.8. The van der Waals surface area contributed by atoms with E-state index in [2.05, 4.69) is 40.8 Å². The molecule has 1 saturated heterocycles. The number of methoxy groups -OCH3 is 1. The lowest BCUT2D eigenvalue weighted by Gasteiger charge is -2.36. The van der Waals surface area contributed by atoms with Gasteiger partial charge < -0.3 is 14.5 Å². The smallest absolute Gasteiger partial charge is 0.233 e. The Labute approximate surface area is 185 Å². The molecule has 1 aliphatic heterocycles. The number of benzene rings is 1. The molecule has 0 saturated carbocycles. The molecule has 8 heteroatoms. The quantitative estimate of drug-likeness (QED) is 0.439. The van der Waals surface area contributed by atoms with Crippen LogP contribution in [0, 0.1) is 20.8 Å². The van der Waals surface area contributed by atoms with Crippen molar-refractivity contribution in [3.63, 3.8) is 0 Å². The first kappa shape index (κ1) is 20.9. The molecule has 0 atom stereocenters. The second kappa shape index (κ2) is 8.81. The molecule has 6 nitrogen and oxygen atoms in total. The number of hydrogen-bond acceptors (Lipinski definition) is 7. The Balaban J connectivity index is 1.37. The number of piperazine rings is 1. The fraction of sp³-hybridized carbons (Fsp3) is 0.409. The summed E-state index contributed by atoms with van der Waals surface area (Å²) < 4.78 is 5.23. The maximum atomic E-state index is 12.8. The van der Waals surface area contributed by atoms with E-state index < -0.39 is 0 Å². The van der Waals surface area contributed by atoms with Gasteiger partial charge >= 0.3 is 0 Å². The van der Waals surface area contributed by atoms with Gasteiger partial charge in [-0.3, -0.25) is 4.79 Å². The van der Waals surface area contributed by atoms with Gasteiger partial charge in [0, 0.05) is 42.1 Å². The Hall–Kier alpha value is -2.32. The summed E-state index contributed by atoms with van der Waals surface area (Å²) in [6.45, 7) is 9.27. The van der Waals surface area contributed by atoms with Crippen molar-refractivity contribution in [2.75, 3.05) is 43.9 Å². The van der Waals surface area contributed by atoms with Crippen molar-refractivity contribution >= 4 is 44.9 Å². The molecule has 0 unspecified atom stereocenters. The van der Waals surface area contributed by atoms with E-state index in [1.54, 1.807) is 18.4 Å². The highest BCUT2D eigenvalue weighted by atomic mass is 32.2. The van der Waals surface area contributed by atoms with Gasteiger partial charge in [0.2, 0.25) is 5.91 Å². The van der Waals surface area contributed by atoms with Crippen molar-refractivity contribution in [2.45, 2.75) is 25.8 Å². The van der Waals surface area contributed by atoms with Crippen LogP contribution in [0.3, 0.4) is 0 Å². The third-order valence-electron chi connectivity index (χ3n) is 5.51. The SMILES string of the molecule is COc1ccc(N2CCN(C(=O)CSc3nc(C)nc4sc(C)c(C)c34)CC2)cc1. The molecule has 0 N–H and O–H groups in total. The summed E-state index contributed by atoms with van der Waals surface area (Å²) in [5.41, 5.74) is 2.39. The second-order valence-electron chi connectivity index (χ2n) is 7.39. The van der Waals surface area contributed by atoms with E-state index >= 15 is 0 Å². The third kappa shape index (κ3) is 4.25. The van der Waals surface area contributed by atoms with Gasteiger partial charge in [-0.05, 0) is 50.6 Å². The predicted octanol–water partition coefficient (Wildman–Crippen LogP) is 4.07. The van der Waals surface area contributed by atoms with E-state index in [0.717, 1.165) is 53.0 Å². The van der Waals surface area contributed by atoms with Crippen molar-refractivity contribution in [2.24, 2.45) is 0 Å². The van der Waals surface area contributed by atoms with Gasteiger partial charge in [-0.1, -0.05) is 11.8 Å². The summed E-state index contributed by atoms with van der Waals surface area (Å²) in [7, 11) is 1.67. The van der Waals surface area contributed by atoms with Crippen LogP contribution in [0.5, 0.6) is 5.75 Å². The topological polar surface area (TPSA) is 58.6 Å². The first-order valence-corrected chi connectivity index (χ1v) is 11.8. The van der Waals surface area contributed by atoms with Crippen molar-refractivity contribution in [1.29, 1.82) is 0 Å². The molecule has 30 heavy (non-hydrogen) atoms. The first-order valence-electron chi connectivity index (χ1n) is 10.00. The van der Waals surface area contributed by atoms with Gasteiger partial charge in [-0.2, -0.15) is 0 Å². The molecule has 158 valence electrons. The Kier molecular flexibility index (Phi) is 6.15. The minimum atomic E-state index is 0.170. The van der Waals surface area contributed by atoms with Gasteiger partial charge in [-0.25, -0.2) is 9.97 Å². The average molecular weight is 443 g/mol. The second-order valence-corrected chi connectivity index (χ2v) is 9.56. The highest BCUT2D eigenvalue weighted by Crippen LogP contribution is 2.35. The molecule has 0 spiro atoms. The van der Waals surface area contributed by atoms with E-state index in [1.807, 2.05) is 24.0 Å². The van der Waals surface area contributed by atoms with Crippen LogP contribution < -0.4 is 9.64 Å². The van der Waals surface area contributed by atoms with E-state index in [4.69, 9.17) is 4.74 Å². The van der Waals surface area contributed by atoms with Crippen LogP contribution in [-0.2, 0) is 4.79 Å². The molecule has 0 bridgehead atoms. The highest BCUT2D eigenvalue weighted by Gasteiger charge is 2.22. The lowest BCUT2D eigenvalue weighted by atomic mass is 10.2. The number of aryl methyl sites for hydroxylation is 3. The van der Waals surface area contributed by atoms with Crippen LogP contribution in [0.15, 0.2) is 29.3 Å². The number of amides is 1. The number of fused-ring (bicyclic) bond motifs is 1. The normalized spacial score (nSPS) is 14.4. The monoisotopic (exact) mass is 442 g/mol. The molecule has 1 fully saturated rings. The van der Waals surface area contributed by atoms with Crippen molar-refractivity contribution in [1.82, 2.24) is 14.9 Å². The lowest BCUT2D eigenvalue weighted by molar-refractivity contribution is -0.128. The summed E-state index contributed by atoms with van der Waals surface area (Å²) in [6.07, 6.45) is 0. The summed E-state index contributed by atoms with van der Waals surface area (Å²) in [6, 6.07) is 8.09. The molecule has 2 aromatic heterocycles. The number of nitrogens with zero attached hydrogens (tertiary/aromatic N) is 4. The lowest BCUT2D eigenvalue weighted by Crippen LogP contribution is -2.49. The van der Waals surface area contributed by atoms with Gasteiger partial charge in [0.25, 0.3) is 0 Å². The Morgan fingerprint density at radius 2 is 1.80 bits per heavy atom. The van der Waals surface area contributed by atoms with Crippen LogP contribution in [0.2, 0.25) is 0 Å². The van der Waals surface area contributed by atoms with Gasteiger partial charge in [0.1, 0.15) is 21.4 Å². The number of thioether (sulfide) groups is 1. The Bertz CT molecular complexity index is 1060. The minimum absolute atomic E-state index is 0.170. The molecule has 1 amide bonds. The summed E-state index contributed by atoms with van der Waals surface area (Å²) in [5, 5.41) is 2.02. The average Bonchev–Trinajstić information content (AvgIpc) is 3.05. The number of carbonyl (C=O) groups is 1. The molecule has 3 aromatic rings. The fourth-order valence-corrected chi connectivity index (χ4v) is 5.82. The number of carbonyl (C=O) groups excluding carboxylic acids is 1. The third-order valence-corrected chi connectivity index (χ3v) is 7.57. The maximum Gasteiger partial charge on any atom is 0.233 e. The minimum Gasteiger partial charge on any atom is -0.497 e. The number of thiophene rings is 1. The van der Waals surface area contributed by atoms with E-state index in [0.29, 0.717) is 5.75 Å². The molecule has 4 rings (SSSR count). The van der Waals surface area contributed by atoms with Crippen molar-refractivity contribution in [3.8, 4) is 5.75 Å². The molecule has 0 aliphatic carbocycles. The zero-order valence-corrected chi connectivity index (χ0v) is 19.4. The van der Waals surface area contributed by atoms with Crippen molar-refractivity contribution in [3.05, 3.63) is 40.5 Å². The fourth-order valence-electron chi connectivity index (χ4n) is 3.65. The standard InChI is InChI=1S/C22H26N4O2S2/c1-14-15(2)30-22-20(14)21(23-16(3)24-22)29-13-19(27)26-11-9-25(10-12-26)17-5-7-18(28-4)8-6-17/h5-8H,9-13H2,1-4H3. The summed E-state index contributed by atoms with van der Waals surface area (Å²) >= 11 is 3.23. The number of rotatable bonds is 5. The van der Waals surface area contributed by atoms with Crippen LogP contribution in [0.4, 0.5) is 5.69 Å². The van der Waals surface area contributed by atoms with Gasteiger partial charge in [-0.15, -0.1) is 11.3 Å². The zero-order chi connectivity index (χ0) is 21.3. The summed E-state index contributed by atoms with van der Waals surface area (Å²) in [4.78, 5) is 28.6. The van der Waals surface area contributed by atoms with E-state index in [1.165, 1.54) is 27.9 Å². The molecule has 1 aromatic carbocycles.